The Balaban J connectivity index is 2.00. The van der Waals surface area contributed by atoms with Crippen molar-refractivity contribution in [2.24, 2.45) is 0 Å². The van der Waals surface area contributed by atoms with E-state index >= 15 is 0 Å². The number of amides is 1. The third-order valence-corrected chi connectivity index (χ3v) is 3.08. The highest BCUT2D eigenvalue weighted by molar-refractivity contribution is 5.90. The molecule has 0 saturated carbocycles. The monoisotopic (exact) mass is 304 g/mol. The van der Waals surface area contributed by atoms with Crippen LogP contribution in [0.1, 0.15) is 13.8 Å². The van der Waals surface area contributed by atoms with Gasteiger partial charge in [0.05, 0.1) is 11.5 Å². The third kappa shape index (κ3) is 3.75. The molecule has 7 nitrogen and oxygen atoms in total. The highest BCUT2D eigenvalue weighted by Gasteiger charge is 2.11. The molecule has 1 heterocycles. The van der Waals surface area contributed by atoms with Crippen molar-refractivity contribution in [1.29, 1.82) is 0 Å². The fourth-order valence-electron chi connectivity index (χ4n) is 1.97. The lowest BCUT2D eigenvalue weighted by Gasteiger charge is -2.19. The summed E-state index contributed by atoms with van der Waals surface area (Å²) in [5.41, 5.74) is -0.223. The number of aromatic nitrogens is 2. The molecular formula is C15H20N4O3. The van der Waals surface area contributed by atoms with E-state index in [4.69, 9.17) is 4.74 Å². The normalized spacial score (nSPS) is 10.7. The van der Waals surface area contributed by atoms with Crippen LogP contribution < -0.4 is 10.9 Å². The smallest absolute Gasteiger partial charge is 0.409 e. The van der Waals surface area contributed by atoms with Gasteiger partial charge >= 0.3 is 6.09 Å². The van der Waals surface area contributed by atoms with E-state index in [1.165, 1.54) is 4.90 Å². The van der Waals surface area contributed by atoms with Gasteiger partial charge in [0.25, 0.3) is 5.56 Å². The van der Waals surface area contributed by atoms with Gasteiger partial charge < -0.3 is 15.0 Å². The maximum absolute atomic E-state index is 11.7. The number of ether oxygens (including phenoxy) is 1. The average molecular weight is 304 g/mol. The number of carbonyl (C=O) groups excluding carboxylic acids is 1. The van der Waals surface area contributed by atoms with E-state index < -0.39 is 0 Å². The zero-order valence-electron chi connectivity index (χ0n) is 12.9. The molecule has 0 spiro atoms. The number of anilines is 1. The zero-order valence-corrected chi connectivity index (χ0v) is 12.9. The Morgan fingerprint density at radius 3 is 2.73 bits per heavy atom. The molecule has 1 aromatic carbocycles. The van der Waals surface area contributed by atoms with Gasteiger partial charge in [-0.2, -0.15) is 5.10 Å². The minimum Gasteiger partial charge on any atom is -0.447 e. The lowest BCUT2D eigenvalue weighted by atomic mass is 10.2. The van der Waals surface area contributed by atoms with Gasteiger partial charge in [0.2, 0.25) is 0 Å². The summed E-state index contributed by atoms with van der Waals surface area (Å²) in [5.74, 6) is 0.584. The summed E-state index contributed by atoms with van der Waals surface area (Å²) in [6, 6.07) is 7.22. The molecule has 1 amide bonds. The molecule has 0 atom stereocenters. The molecule has 0 unspecified atom stereocenters. The van der Waals surface area contributed by atoms with Crippen LogP contribution in [-0.2, 0) is 4.74 Å². The van der Waals surface area contributed by atoms with Crippen LogP contribution in [0, 0.1) is 0 Å². The summed E-state index contributed by atoms with van der Waals surface area (Å²) in [6.07, 6.45) is -0.510. The van der Waals surface area contributed by atoms with Crippen molar-refractivity contribution in [1.82, 2.24) is 15.1 Å². The molecule has 118 valence electrons. The molecule has 2 rings (SSSR count). The molecule has 0 bridgehead atoms. The van der Waals surface area contributed by atoms with Crippen molar-refractivity contribution in [3.8, 4) is 0 Å². The molecule has 0 aliphatic carbocycles. The number of benzene rings is 1. The summed E-state index contributed by atoms with van der Waals surface area (Å²) in [6.45, 7) is 4.56. The van der Waals surface area contributed by atoms with E-state index in [0.29, 0.717) is 24.3 Å². The quantitative estimate of drug-likeness (QED) is 0.879. The maximum atomic E-state index is 11.7. The number of rotatable bonds is 5. The summed E-state index contributed by atoms with van der Waals surface area (Å²) < 4.78 is 5.10. The third-order valence-electron chi connectivity index (χ3n) is 3.08. The van der Waals surface area contributed by atoms with Crippen molar-refractivity contribution in [3.63, 3.8) is 0 Å². The molecule has 0 aliphatic heterocycles. The van der Waals surface area contributed by atoms with E-state index in [-0.39, 0.29) is 17.8 Å². The van der Waals surface area contributed by atoms with Crippen LogP contribution in [0.4, 0.5) is 10.6 Å². The Labute approximate surface area is 128 Å². The maximum Gasteiger partial charge on any atom is 0.409 e. The second-order valence-electron chi connectivity index (χ2n) is 5.23. The number of nitrogens with zero attached hydrogens (tertiary/aromatic N) is 2. The van der Waals surface area contributed by atoms with E-state index in [9.17, 15) is 9.59 Å². The van der Waals surface area contributed by atoms with Gasteiger partial charge in [-0.3, -0.25) is 4.79 Å². The average Bonchev–Trinajstić information content (AvgIpc) is 2.49. The molecule has 2 N–H and O–H groups in total. The van der Waals surface area contributed by atoms with Crippen LogP contribution in [-0.4, -0.2) is 47.4 Å². The van der Waals surface area contributed by atoms with Gasteiger partial charge in [-0.15, -0.1) is 0 Å². The topological polar surface area (TPSA) is 87.3 Å². The lowest BCUT2D eigenvalue weighted by Crippen LogP contribution is -2.33. The second kappa shape index (κ2) is 6.93. The van der Waals surface area contributed by atoms with E-state index in [0.717, 1.165) is 5.39 Å². The van der Waals surface area contributed by atoms with E-state index in [2.05, 4.69) is 15.5 Å². The van der Waals surface area contributed by atoms with Gasteiger partial charge in [-0.05, 0) is 19.9 Å². The van der Waals surface area contributed by atoms with Crippen LogP contribution in [0.15, 0.2) is 29.1 Å². The van der Waals surface area contributed by atoms with E-state index in [1.807, 2.05) is 12.1 Å². The van der Waals surface area contributed by atoms with Crippen molar-refractivity contribution in [2.45, 2.75) is 20.0 Å². The number of hydrogen-bond acceptors (Lipinski definition) is 5. The van der Waals surface area contributed by atoms with Crippen molar-refractivity contribution < 1.29 is 9.53 Å². The first-order chi connectivity index (χ1) is 10.5. The number of nitrogens with one attached hydrogen (secondary N) is 2. The Morgan fingerprint density at radius 2 is 2.05 bits per heavy atom. The predicted molar refractivity (Wildman–Crippen MR) is 85.1 cm³/mol. The molecule has 0 aliphatic rings. The van der Waals surface area contributed by atoms with Crippen LogP contribution in [0.25, 0.3) is 10.8 Å². The highest BCUT2D eigenvalue weighted by atomic mass is 16.6. The molecule has 1 aromatic heterocycles. The summed E-state index contributed by atoms with van der Waals surface area (Å²) in [5, 5.41) is 10.9. The first-order valence-corrected chi connectivity index (χ1v) is 7.12. The van der Waals surface area contributed by atoms with Crippen molar-refractivity contribution in [3.05, 3.63) is 34.6 Å². The highest BCUT2D eigenvalue weighted by Crippen LogP contribution is 2.16. The molecule has 2 aromatic rings. The first kappa shape index (κ1) is 15.8. The summed E-state index contributed by atoms with van der Waals surface area (Å²) >= 11 is 0. The van der Waals surface area contributed by atoms with Crippen molar-refractivity contribution in [2.75, 3.05) is 25.5 Å². The van der Waals surface area contributed by atoms with Gasteiger partial charge in [0.1, 0.15) is 0 Å². The molecule has 0 fully saturated rings. The fourth-order valence-corrected chi connectivity index (χ4v) is 1.97. The molecular weight excluding hydrogens is 284 g/mol. The minimum absolute atomic E-state index is 0.146. The Morgan fingerprint density at radius 1 is 1.36 bits per heavy atom. The SMILES string of the molecule is CC(C)OC(=O)N(C)CCNc1n[nH]c(=O)c2ccccc12. The second-order valence-corrected chi connectivity index (χ2v) is 5.23. The minimum atomic E-state index is -0.365. The molecule has 22 heavy (non-hydrogen) atoms. The molecule has 7 heteroatoms. The van der Waals surface area contributed by atoms with Gasteiger partial charge in [0.15, 0.2) is 5.82 Å². The molecule has 0 saturated heterocycles. The van der Waals surface area contributed by atoms with Crippen molar-refractivity contribution >= 4 is 22.7 Å². The van der Waals surface area contributed by atoms with Gasteiger partial charge in [0, 0.05) is 25.5 Å². The number of hydrogen-bond donors (Lipinski definition) is 2. The number of aromatic amines is 1. The fraction of sp³-hybridized carbons (Fsp3) is 0.400. The van der Waals surface area contributed by atoms with Crippen LogP contribution in [0.5, 0.6) is 0 Å². The number of fused-ring (bicyclic) bond motifs is 1. The largest absolute Gasteiger partial charge is 0.447 e. The molecule has 0 radical (unpaired) electrons. The summed E-state index contributed by atoms with van der Waals surface area (Å²) in [7, 11) is 1.67. The standard InChI is InChI=1S/C15H20N4O3/c1-10(2)22-15(21)19(3)9-8-16-13-11-6-4-5-7-12(11)14(20)18-17-13/h4-7,10H,8-9H2,1-3H3,(H,16,17)(H,18,20). The van der Waals surface area contributed by atoms with Crippen LogP contribution in [0.2, 0.25) is 0 Å². The Kier molecular flexibility index (Phi) is 4.98. The van der Waals surface area contributed by atoms with Gasteiger partial charge in [-0.1, -0.05) is 18.2 Å². The van der Waals surface area contributed by atoms with Crippen LogP contribution in [0.3, 0.4) is 0 Å². The van der Waals surface area contributed by atoms with E-state index in [1.54, 1.807) is 33.0 Å². The number of carbonyl (C=O) groups is 1. The lowest BCUT2D eigenvalue weighted by molar-refractivity contribution is 0.0851. The first-order valence-electron chi connectivity index (χ1n) is 7.12. The Bertz CT molecular complexity index is 711. The zero-order chi connectivity index (χ0) is 16.1. The van der Waals surface area contributed by atoms with Gasteiger partial charge in [-0.25, -0.2) is 9.89 Å². The summed E-state index contributed by atoms with van der Waals surface area (Å²) in [4.78, 5) is 24.8. The number of H-pyrrole nitrogens is 1. The predicted octanol–water partition coefficient (Wildman–Crippen LogP) is 1.81. The Hall–Kier alpha value is -2.57. The number of likely N-dealkylation sites (N-methyl/N-ethyl adjacent to an activating group) is 1. The van der Waals surface area contributed by atoms with Crippen LogP contribution >= 0.6 is 0 Å².